The molecule has 196 valence electrons. The summed E-state index contributed by atoms with van der Waals surface area (Å²) in [5, 5.41) is 1.05. The van der Waals surface area contributed by atoms with Crippen molar-refractivity contribution in [3.8, 4) is 0 Å². The highest BCUT2D eigenvalue weighted by Gasteiger charge is 2.35. The number of aryl methyl sites for hydroxylation is 1. The first-order chi connectivity index (χ1) is 16.9. The zero-order valence-corrected chi connectivity index (χ0v) is 22.6. The fraction of sp³-hybridized carbons (Fsp3) is 0.667. The van der Waals surface area contributed by atoms with Gasteiger partial charge >= 0.3 is 6.09 Å². The van der Waals surface area contributed by atoms with Crippen LogP contribution in [0.25, 0.3) is 22.1 Å². The molecule has 1 saturated heterocycles. The zero-order valence-electron chi connectivity index (χ0n) is 22.6. The lowest BCUT2D eigenvalue weighted by Gasteiger charge is -2.25. The minimum absolute atomic E-state index is 0.0750. The lowest BCUT2D eigenvalue weighted by molar-refractivity contribution is -0.139. The number of amides is 1. The van der Waals surface area contributed by atoms with E-state index in [1.807, 2.05) is 46.2 Å². The maximum Gasteiger partial charge on any atom is 0.415 e. The number of anilines is 1. The van der Waals surface area contributed by atoms with Crippen molar-refractivity contribution < 1.29 is 19.0 Å². The molecule has 0 radical (unpaired) electrons. The summed E-state index contributed by atoms with van der Waals surface area (Å²) in [6.45, 7) is 10.7. The van der Waals surface area contributed by atoms with Crippen molar-refractivity contribution in [2.24, 2.45) is 7.05 Å². The molecule has 1 saturated carbocycles. The molecule has 2 fully saturated rings. The van der Waals surface area contributed by atoms with Crippen molar-refractivity contribution >= 4 is 34.0 Å². The Morgan fingerprint density at radius 2 is 1.97 bits per heavy atom. The van der Waals surface area contributed by atoms with Gasteiger partial charge in [0.1, 0.15) is 22.9 Å². The van der Waals surface area contributed by atoms with Crippen LogP contribution in [-0.4, -0.2) is 56.3 Å². The topological polar surface area (TPSA) is 83.6 Å². The van der Waals surface area contributed by atoms with E-state index < -0.39 is 17.5 Å². The van der Waals surface area contributed by atoms with Gasteiger partial charge in [-0.3, -0.25) is 4.90 Å². The molecule has 0 spiro atoms. The predicted octanol–water partition coefficient (Wildman–Crippen LogP) is 5.49. The van der Waals surface area contributed by atoms with Crippen LogP contribution in [0.3, 0.4) is 0 Å². The SMILES string of the molecule is CN(C(=O)OC(C)(C)C)c1nc2c(cc(C3CCCCC3)n2CC2COC(C)(C)O2)c2c1ncn2C. The van der Waals surface area contributed by atoms with Crippen molar-refractivity contribution in [1.82, 2.24) is 19.1 Å². The van der Waals surface area contributed by atoms with Crippen LogP contribution in [0.15, 0.2) is 12.4 Å². The maximum absolute atomic E-state index is 13.0. The van der Waals surface area contributed by atoms with Gasteiger partial charge in [-0.2, -0.15) is 0 Å². The Kier molecular flexibility index (Phi) is 6.27. The van der Waals surface area contributed by atoms with Gasteiger partial charge in [0.2, 0.25) is 0 Å². The Labute approximate surface area is 212 Å². The van der Waals surface area contributed by atoms with Crippen LogP contribution in [0, 0.1) is 0 Å². The molecular formula is C27H39N5O4. The van der Waals surface area contributed by atoms with Gasteiger partial charge in [-0.15, -0.1) is 0 Å². The average molecular weight is 498 g/mol. The van der Waals surface area contributed by atoms with Gasteiger partial charge < -0.3 is 23.3 Å². The van der Waals surface area contributed by atoms with Gasteiger partial charge in [0.15, 0.2) is 11.6 Å². The molecule has 9 heteroatoms. The van der Waals surface area contributed by atoms with E-state index in [2.05, 4.69) is 15.6 Å². The van der Waals surface area contributed by atoms with Crippen LogP contribution < -0.4 is 4.90 Å². The van der Waals surface area contributed by atoms with Crippen molar-refractivity contribution in [2.45, 2.75) is 96.7 Å². The van der Waals surface area contributed by atoms with Crippen molar-refractivity contribution in [3.63, 3.8) is 0 Å². The summed E-state index contributed by atoms with van der Waals surface area (Å²) in [5.41, 5.74) is 3.16. The molecule has 0 N–H and O–H groups in total. The largest absolute Gasteiger partial charge is 0.443 e. The van der Waals surface area contributed by atoms with Crippen LogP contribution in [0.2, 0.25) is 0 Å². The minimum Gasteiger partial charge on any atom is -0.443 e. The number of nitrogens with zero attached hydrogens (tertiary/aromatic N) is 5. The number of imidazole rings is 1. The average Bonchev–Trinajstić information content (AvgIpc) is 3.47. The van der Waals surface area contributed by atoms with Crippen LogP contribution >= 0.6 is 0 Å². The highest BCUT2D eigenvalue weighted by Crippen LogP contribution is 2.39. The normalized spacial score (nSPS) is 20.9. The monoisotopic (exact) mass is 497 g/mol. The fourth-order valence-electron chi connectivity index (χ4n) is 5.55. The third-order valence-electron chi connectivity index (χ3n) is 7.18. The molecular weight excluding hydrogens is 458 g/mol. The minimum atomic E-state index is -0.611. The number of fused-ring (bicyclic) bond motifs is 3. The Balaban J connectivity index is 1.67. The highest BCUT2D eigenvalue weighted by molar-refractivity contribution is 6.09. The zero-order chi connectivity index (χ0) is 25.8. The molecule has 1 aliphatic carbocycles. The van der Waals surface area contributed by atoms with Gasteiger partial charge in [0, 0.05) is 25.2 Å². The molecule has 2 aliphatic rings. The maximum atomic E-state index is 13.0. The number of carbonyl (C=O) groups excluding carboxylic acids is 1. The quantitative estimate of drug-likeness (QED) is 0.474. The molecule has 1 unspecified atom stereocenters. The molecule has 1 amide bonds. The van der Waals surface area contributed by atoms with Gasteiger partial charge in [-0.25, -0.2) is 14.8 Å². The van der Waals surface area contributed by atoms with Crippen LogP contribution in [0.5, 0.6) is 0 Å². The lowest BCUT2D eigenvalue weighted by atomic mass is 9.87. The third-order valence-corrected chi connectivity index (χ3v) is 7.18. The Morgan fingerprint density at radius 3 is 2.61 bits per heavy atom. The summed E-state index contributed by atoms with van der Waals surface area (Å²) in [6, 6.07) is 2.29. The molecule has 9 nitrogen and oxygen atoms in total. The summed E-state index contributed by atoms with van der Waals surface area (Å²) in [7, 11) is 3.68. The van der Waals surface area contributed by atoms with E-state index in [1.54, 1.807) is 13.4 Å². The summed E-state index contributed by atoms with van der Waals surface area (Å²) < 4.78 is 22.1. The van der Waals surface area contributed by atoms with E-state index in [1.165, 1.54) is 42.7 Å². The Bertz CT molecular complexity index is 1280. The van der Waals surface area contributed by atoms with Gasteiger partial charge in [0.05, 0.1) is 25.0 Å². The second-order valence-electron chi connectivity index (χ2n) is 11.7. The van der Waals surface area contributed by atoms with Gasteiger partial charge in [-0.1, -0.05) is 19.3 Å². The molecule has 0 aromatic carbocycles. The van der Waals surface area contributed by atoms with E-state index >= 15 is 0 Å². The number of carbonyl (C=O) groups is 1. The number of ether oxygens (including phenoxy) is 3. The summed E-state index contributed by atoms with van der Waals surface area (Å²) in [5.74, 6) is 0.369. The highest BCUT2D eigenvalue weighted by atomic mass is 16.7. The predicted molar refractivity (Wildman–Crippen MR) is 139 cm³/mol. The molecule has 5 rings (SSSR count). The van der Waals surface area contributed by atoms with E-state index in [0.717, 1.165) is 16.6 Å². The molecule has 3 aromatic rings. The summed E-state index contributed by atoms with van der Waals surface area (Å²) in [4.78, 5) is 24.2. The Hall–Kier alpha value is -2.65. The number of pyridine rings is 1. The summed E-state index contributed by atoms with van der Waals surface area (Å²) in [6.07, 6.45) is 7.36. The van der Waals surface area contributed by atoms with E-state index in [-0.39, 0.29) is 6.10 Å². The van der Waals surface area contributed by atoms with Crippen molar-refractivity contribution in [3.05, 3.63) is 18.1 Å². The number of hydrogen-bond acceptors (Lipinski definition) is 6. The number of hydrogen-bond donors (Lipinski definition) is 0. The first-order valence-electron chi connectivity index (χ1n) is 13.1. The Morgan fingerprint density at radius 1 is 1.25 bits per heavy atom. The van der Waals surface area contributed by atoms with E-state index in [9.17, 15) is 4.79 Å². The standard InChI is InChI=1S/C27H39N5O4/c1-26(2,3)36-25(33)31(7)24-21-22(30(6)16-28-21)19-13-20(17-11-9-8-10-12-17)32(23(19)29-24)14-18-15-34-27(4,5)35-18/h13,16-18H,8-12,14-15H2,1-7H3. The van der Waals surface area contributed by atoms with Gasteiger partial charge in [0.25, 0.3) is 0 Å². The molecule has 3 aromatic heterocycles. The van der Waals surface area contributed by atoms with E-state index in [4.69, 9.17) is 19.2 Å². The molecule has 1 aliphatic heterocycles. The lowest BCUT2D eigenvalue weighted by Crippen LogP contribution is -2.34. The van der Waals surface area contributed by atoms with Gasteiger partial charge in [-0.05, 0) is 59.4 Å². The van der Waals surface area contributed by atoms with Crippen LogP contribution in [0.4, 0.5) is 10.6 Å². The van der Waals surface area contributed by atoms with Crippen LogP contribution in [-0.2, 0) is 27.8 Å². The van der Waals surface area contributed by atoms with Crippen molar-refractivity contribution in [1.29, 1.82) is 0 Å². The fourth-order valence-corrected chi connectivity index (χ4v) is 5.55. The molecule has 0 bridgehead atoms. The third kappa shape index (κ3) is 4.70. The first kappa shape index (κ1) is 25.0. The summed E-state index contributed by atoms with van der Waals surface area (Å²) >= 11 is 0. The second-order valence-corrected chi connectivity index (χ2v) is 11.7. The van der Waals surface area contributed by atoms with Crippen LogP contribution in [0.1, 0.15) is 78.3 Å². The second kappa shape index (κ2) is 9.03. The smallest absolute Gasteiger partial charge is 0.415 e. The number of rotatable bonds is 4. The molecule has 1 atom stereocenters. The van der Waals surface area contributed by atoms with Crippen molar-refractivity contribution in [2.75, 3.05) is 18.6 Å². The molecule has 4 heterocycles. The first-order valence-corrected chi connectivity index (χ1v) is 13.1. The van der Waals surface area contributed by atoms with E-state index in [0.29, 0.717) is 30.4 Å². The number of aromatic nitrogens is 4. The molecule has 36 heavy (non-hydrogen) atoms.